The van der Waals surface area contributed by atoms with Crippen molar-refractivity contribution in [1.29, 1.82) is 0 Å². The Morgan fingerprint density at radius 1 is 0.600 bits per heavy atom. The Labute approximate surface area is 346 Å². The first-order valence-electron chi connectivity index (χ1n) is 19.6. The molecular formula is C48H43N9O3. The molecule has 60 heavy (non-hydrogen) atoms. The van der Waals surface area contributed by atoms with Gasteiger partial charge in [0.05, 0.1) is 52.9 Å². The van der Waals surface area contributed by atoms with E-state index in [-0.39, 0.29) is 13.1 Å². The second-order valence-electron chi connectivity index (χ2n) is 14.4. The fraction of sp³-hybridized carbons (Fsp3) is 0.125. The molecule has 2 amide bonds. The molecule has 0 aliphatic carbocycles. The average Bonchev–Trinajstić information content (AvgIpc) is 3.31. The van der Waals surface area contributed by atoms with Crippen molar-refractivity contribution in [3.8, 4) is 44.8 Å². The lowest BCUT2D eigenvalue weighted by molar-refractivity contribution is -0.124. The van der Waals surface area contributed by atoms with Crippen LogP contribution in [0.3, 0.4) is 0 Å². The number of hydrogen-bond donors (Lipinski definition) is 6. The molecule has 8 rings (SSSR count). The minimum atomic E-state index is -1.05. The number of fused-ring (bicyclic) bond motifs is 2. The predicted octanol–water partition coefficient (Wildman–Crippen LogP) is 5.95. The highest BCUT2D eigenvalue weighted by Crippen LogP contribution is 2.36. The van der Waals surface area contributed by atoms with E-state index in [1.807, 2.05) is 127 Å². The molecule has 0 spiro atoms. The first-order chi connectivity index (χ1) is 29.3. The van der Waals surface area contributed by atoms with E-state index in [0.717, 1.165) is 66.6 Å². The van der Waals surface area contributed by atoms with Crippen LogP contribution in [-0.2, 0) is 29.2 Å². The van der Waals surface area contributed by atoms with Gasteiger partial charge in [0.1, 0.15) is 12.6 Å². The topological polar surface area (TPSA) is 208 Å². The number of nitrogens with zero attached hydrogens (tertiary/aromatic N) is 4. The van der Waals surface area contributed by atoms with Gasteiger partial charge in [-0.25, -0.2) is 9.97 Å². The van der Waals surface area contributed by atoms with E-state index in [4.69, 9.17) is 27.2 Å². The van der Waals surface area contributed by atoms with E-state index in [2.05, 4.69) is 26.7 Å². The van der Waals surface area contributed by atoms with Crippen LogP contribution in [0.2, 0.25) is 0 Å². The smallest absolute Gasteiger partial charge is 0.246 e. The number of aromatic nitrogens is 4. The molecule has 0 aliphatic rings. The molecule has 4 heterocycles. The van der Waals surface area contributed by atoms with Crippen LogP contribution in [0.1, 0.15) is 28.6 Å². The molecule has 2 atom stereocenters. The minimum absolute atomic E-state index is 0.122. The number of hydrogen-bond acceptors (Lipinski definition) is 10. The molecule has 2 unspecified atom stereocenters. The molecule has 12 nitrogen and oxygen atoms in total. The molecule has 0 fully saturated rings. The first-order valence-corrected chi connectivity index (χ1v) is 19.6. The zero-order valence-corrected chi connectivity index (χ0v) is 32.6. The van der Waals surface area contributed by atoms with Gasteiger partial charge in [-0.05, 0) is 46.5 Å². The fourth-order valence-corrected chi connectivity index (χ4v) is 7.26. The summed E-state index contributed by atoms with van der Waals surface area (Å²) in [5.74, 6) is -0.907. The summed E-state index contributed by atoms with van der Waals surface area (Å²) in [5.41, 5.74) is 30.6. The molecule has 12 heteroatoms. The van der Waals surface area contributed by atoms with E-state index in [9.17, 15) is 14.7 Å². The van der Waals surface area contributed by atoms with E-state index in [1.54, 1.807) is 12.4 Å². The average molecular weight is 794 g/mol. The van der Waals surface area contributed by atoms with Crippen molar-refractivity contribution in [2.24, 2.45) is 17.2 Å². The Kier molecular flexibility index (Phi) is 11.7. The third-order valence-corrected chi connectivity index (χ3v) is 10.6. The molecule has 4 aromatic carbocycles. The first kappa shape index (κ1) is 39.6. The maximum atomic E-state index is 13.6. The van der Waals surface area contributed by atoms with Crippen molar-refractivity contribution in [3.63, 3.8) is 0 Å². The monoisotopic (exact) mass is 793 g/mol. The Hall–Kier alpha value is -7.22. The molecule has 298 valence electrons. The summed E-state index contributed by atoms with van der Waals surface area (Å²) in [5, 5.41) is 16.4. The summed E-state index contributed by atoms with van der Waals surface area (Å²) in [6, 6.07) is 41.5. The summed E-state index contributed by atoms with van der Waals surface area (Å²) in [6.45, 7) is 0.111. The second kappa shape index (κ2) is 17.7. The third kappa shape index (κ3) is 8.35. The number of benzene rings is 4. The Morgan fingerprint density at radius 3 is 1.57 bits per heavy atom. The zero-order chi connectivity index (χ0) is 41.6. The van der Waals surface area contributed by atoms with E-state index in [0.29, 0.717) is 29.0 Å². The van der Waals surface area contributed by atoms with Gasteiger partial charge in [-0.2, -0.15) is 0 Å². The highest BCUT2D eigenvalue weighted by atomic mass is 16.3. The highest BCUT2D eigenvalue weighted by molar-refractivity contribution is 5.94. The van der Waals surface area contributed by atoms with Crippen molar-refractivity contribution < 1.29 is 14.7 Å². The van der Waals surface area contributed by atoms with Gasteiger partial charge in [0, 0.05) is 52.0 Å². The van der Waals surface area contributed by atoms with Crippen molar-refractivity contribution >= 4 is 33.6 Å². The van der Waals surface area contributed by atoms with Crippen LogP contribution in [0, 0.1) is 0 Å². The Morgan fingerprint density at radius 2 is 1.08 bits per heavy atom. The second-order valence-corrected chi connectivity index (χ2v) is 14.4. The van der Waals surface area contributed by atoms with Crippen LogP contribution in [0.5, 0.6) is 0 Å². The van der Waals surface area contributed by atoms with E-state index in [1.165, 1.54) is 0 Å². The molecule has 0 bridgehead atoms. The number of amides is 2. The van der Waals surface area contributed by atoms with Crippen molar-refractivity contribution in [2.45, 2.75) is 31.7 Å². The van der Waals surface area contributed by atoms with Crippen molar-refractivity contribution in [1.82, 2.24) is 30.6 Å². The van der Waals surface area contributed by atoms with Gasteiger partial charge in [-0.1, -0.05) is 109 Å². The van der Waals surface area contributed by atoms with Crippen LogP contribution >= 0.6 is 0 Å². The quantitative estimate of drug-likeness (QED) is 0.0808. The lowest BCUT2D eigenvalue weighted by Gasteiger charge is -2.20. The van der Waals surface area contributed by atoms with Crippen LogP contribution in [0.25, 0.3) is 66.6 Å². The van der Waals surface area contributed by atoms with E-state index >= 15 is 0 Å². The Balaban J connectivity index is 1.03. The third-order valence-electron chi connectivity index (χ3n) is 10.6. The Bertz CT molecular complexity index is 2800. The summed E-state index contributed by atoms with van der Waals surface area (Å²) in [4.78, 5) is 44.6. The minimum Gasteiger partial charge on any atom is -0.387 e. The number of pyridine rings is 4. The van der Waals surface area contributed by atoms with Crippen molar-refractivity contribution in [3.05, 3.63) is 168 Å². The number of nitrogens with one attached hydrogen (secondary N) is 2. The van der Waals surface area contributed by atoms with Gasteiger partial charge in [-0.15, -0.1) is 0 Å². The molecule has 8 aromatic rings. The number of aliphatic hydroxyl groups is 1. The molecule has 0 saturated heterocycles. The summed E-state index contributed by atoms with van der Waals surface area (Å²) in [6.07, 6.45) is 3.33. The molecule has 4 aromatic heterocycles. The normalized spacial score (nSPS) is 12.3. The van der Waals surface area contributed by atoms with Gasteiger partial charge >= 0.3 is 0 Å². The summed E-state index contributed by atoms with van der Waals surface area (Å²) in [7, 11) is 0. The van der Waals surface area contributed by atoms with Crippen LogP contribution in [0.4, 0.5) is 0 Å². The van der Waals surface area contributed by atoms with Crippen LogP contribution < -0.4 is 27.8 Å². The maximum absolute atomic E-state index is 13.6. The zero-order valence-electron chi connectivity index (χ0n) is 32.6. The van der Waals surface area contributed by atoms with Gasteiger partial charge in [0.2, 0.25) is 11.8 Å². The van der Waals surface area contributed by atoms with Crippen LogP contribution in [-0.4, -0.2) is 49.5 Å². The van der Waals surface area contributed by atoms with Gasteiger partial charge in [0.15, 0.2) is 0 Å². The van der Waals surface area contributed by atoms with Gasteiger partial charge in [-0.3, -0.25) is 19.6 Å². The standard InChI is InChI=1S/C48H43N9O3/c49-25-29-11-13-33(14-12-29)46-35(30-7-3-1-4-8-30)24-38-40(56-46)20-22-53-42(38)27-55-48(60)45(51)44(50)32-15-17-34(18-16-32)47-36(31-9-5-2-6-10-31)23-37-39(57-47)19-21-52-41(37)26-54-43(59)28-58/h1-24,44-45,58H,25-28,49-51H2,(H,54,59)(H,55,60). The predicted molar refractivity (Wildman–Crippen MR) is 234 cm³/mol. The summed E-state index contributed by atoms with van der Waals surface area (Å²) < 4.78 is 0. The SMILES string of the molecule is NCc1ccc(-c2nc3ccnc(CNC(=O)C(N)C(N)c4ccc(-c5nc6ccnc(CNC(=O)CO)c6cc5-c5ccccc5)cc4)c3cc2-c2ccccc2)cc1. The number of nitrogens with two attached hydrogens (primary N) is 3. The molecular weight excluding hydrogens is 751 g/mol. The molecule has 0 aliphatic heterocycles. The number of carbonyl (C=O) groups excluding carboxylic acids is 2. The fourth-order valence-electron chi connectivity index (χ4n) is 7.26. The van der Waals surface area contributed by atoms with Crippen LogP contribution in [0.15, 0.2) is 146 Å². The van der Waals surface area contributed by atoms with Gasteiger partial charge in [0.25, 0.3) is 0 Å². The molecule has 9 N–H and O–H groups in total. The molecule has 0 radical (unpaired) electrons. The lowest BCUT2D eigenvalue weighted by atomic mass is 9.94. The molecule has 0 saturated carbocycles. The highest BCUT2D eigenvalue weighted by Gasteiger charge is 2.24. The van der Waals surface area contributed by atoms with E-state index < -0.39 is 30.5 Å². The van der Waals surface area contributed by atoms with Gasteiger partial charge < -0.3 is 32.9 Å². The number of aliphatic hydroxyl groups excluding tert-OH is 1. The lowest BCUT2D eigenvalue weighted by Crippen LogP contribution is -2.47. The number of rotatable bonds is 13. The summed E-state index contributed by atoms with van der Waals surface area (Å²) >= 11 is 0. The maximum Gasteiger partial charge on any atom is 0.246 e. The largest absolute Gasteiger partial charge is 0.387 e. The van der Waals surface area contributed by atoms with Crippen molar-refractivity contribution in [2.75, 3.05) is 6.61 Å². The number of carbonyl (C=O) groups is 2.